The maximum Gasteiger partial charge on any atom is 0.319 e. The molecule has 2 aromatic heterocycles. The van der Waals surface area contributed by atoms with Gasteiger partial charge in [-0.25, -0.2) is 13.8 Å². The summed E-state index contributed by atoms with van der Waals surface area (Å²) >= 11 is 0. The Morgan fingerprint density at radius 3 is 2.80 bits per heavy atom. The Labute approximate surface area is 253 Å². The number of hydrogen-bond acceptors (Lipinski definition) is 9. The highest BCUT2D eigenvalue weighted by molar-refractivity contribution is 6.02. The number of pyridine rings is 1. The lowest BCUT2D eigenvalue weighted by Gasteiger charge is -2.28. The number of anilines is 1. The number of phenols is 1. The van der Waals surface area contributed by atoms with Crippen molar-refractivity contribution in [2.45, 2.75) is 25.9 Å². The first-order valence-electron chi connectivity index (χ1n) is 14.1. The van der Waals surface area contributed by atoms with Gasteiger partial charge in [0.15, 0.2) is 11.6 Å². The summed E-state index contributed by atoms with van der Waals surface area (Å²) in [5.74, 6) is 4.46. The average molecular weight is 600 g/mol. The number of aliphatic hydroxyl groups is 1. The standard InChI is InChI=1S/C33H31F2N5O4/c1-5-7-25-27-30(28(35)29(36-25)23-14-22(41)13-19-8-6-9-24(34)26(19)23)37-32(44-16-21-12-20(21)15-39(3)4)38-31(27)40-10-11-43-18-33(2,42)17-40/h6,8-11,13-15,21,41-42H,12,16-18H2,1-4H3. The second-order valence-corrected chi connectivity index (χ2v) is 11.5. The number of aromatic hydroxyl groups is 1. The third kappa shape index (κ3) is 5.68. The molecule has 11 heteroatoms. The van der Waals surface area contributed by atoms with Crippen molar-refractivity contribution in [2.24, 2.45) is 5.92 Å². The van der Waals surface area contributed by atoms with Gasteiger partial charge in [0.05, 0.1) is 24.8 Å². The summed E-state index contributed by atoms with van der Waals surface area (Å²) in [6, 6.07) is 6.97. The molecule has 6 rings (SSSR count). The molecular weight excluding hydrogens is 568 g/mol. The van der Waals surface area contributed by atoms with E-state index >= 15 is 8.78 Å². The Morgan fingerprint density at radius 1 is 1.20 bits per heavy atom. The quantitative estimate of drug-likeness (QED) is 0.293. The van der Waals surface area contributed by atoms with Crippen LogP contribution in [0.3, 0.4) is 0 Å². The van der Waals surface area contributed by atoms with Crippen molar-refractivity contribution in [2.75, 3.05) is 38.8 Å². The molecule has 2 unspecified atom stereocenters. The minimum absolute atomic E-state index is 0.0313. The van der Waals surface area contributed by atoms with Gasteiger partial charge >= 0.3 is 6.01 Å². The highest BCUT2D eigenvalue weighted by Gasteiger charge is 2.33. The molecule has 2 N–H and O–H groups in total. The molecule has 3 heterocycles. The molecule has 226 valence electrons. The smallest absolute Gasteiger partial charge is 0.319 e. The molecule has 2 aliphatic rings. The predicted molar refractivity (Wildman–Crippen MR) is 163 cm³/mol. The van der Waals surface area contributed by atoms with Gasteiger partial charge in [-0.1, -0.05) is 18.1 Å². The van der Waals surface area contributed by atoms with Gasteiger partial charge < -0.3 is 29.5 Å². The number of β-amino-alcohol motifs (C(OH)–C–C–N with tert-alkyl or cyclic N) is 1. The molecule has 4 aromatic rings. The van der Waals surface area contributed by atoms with Crippen LogP contribution in [-0.2, 0) is 4.74 Å². The number of hydrogen-bond donors (Lipinski definition) is 2. The number of ether oxygens (including phenoxy) is 2. The number of aromatic nitrogens is 3. The predicted octanol–water partition coefficient (Wildman–Crippen LogP) is 5.10. The van der Waals surface area contributed by atoms with Gasteiger partial charge in [0, 0.05) is 37.2 Å². The zero-order valence-corrected chi connectivity index (χ0v) is 24.7. The van der Waals surface area contributed by atoms with E-state index in [0.717, 1.165) is 6.42 Å². The number of rotatable bonds is 6. The van der Waals surface area contributed by atoms with Crippen LogP contribution < -0.4 is 9.64 Å². The van der Waals surface area contributed by atoms with Crippen molar-refractivity contribution in [1.29, 1.82) is 0 Å². The molecular formula is C33H31F2N5O4. The van der Waals surface area contributed by atoms with Crippen molar-refractivity contribution in [3.63, 3.8) is 0 Å². The van der Waals surface area contributed by atoms with E-state index in [1.165, 1.54) is 36.1 Å². The van der Waals surface area contributed by atoms with E-state index in [4.69, 9.17) is 9.47 Å². The average Bonchev–Trinajstić information content (AvgIpc) is 3.73. The molecule has 0 spiro atoms. The van der Waals surface area contributed by atoms with E-state index in [0.29, 0.717) is 5.39 Å². The van der Waals surface area contributed by atoms with Crippen LogP contribution in [-0.4, -0.2) is 69.5 Å². The van der Waals surface area contributed by atoms with Gasteiger partial charge in [0.25, 0.3) is 0 Å². The van der Waals surface area contributed by atoms with E-state index in [1.54, 1.807) is 31.0 Å². The first-order valence-corrected chi connectivity index (χ1v) is 14.1. The Morgan fingerprint density at radius 2 is 2.02 bits per heavy atom. The largest absolute Gasteiger partial charge is 0.508 e. The third-order valence-corrected chi connectivity index (χ3v) is 7.35. The van der Waals surface area contributed by atoms with Crippen molar-refractivity contribution in [1.82, 2.24) is 19.9 Å². The Bertz CT molecular complexity index is 1910. The molecule has 0 bridgehead atoms. The summed E-state index contributed by atoms with van der Waals surface area (Å²) in [6.07, 6.45) is 5.90. The number of phenolic OH excluding ortho intramolecular Hbond substituents is 1. The first kappa shape index (κ1) is 29.1. The van der Waals surface area contributed by atoms with Crippen LogP contribution in [0.4, 0.5) is 14.6 Å². The van der Waals surface area contributed by atoms with Crippen LogP contribution in [0.15, 0.2) is 54.6 Å². The van der Waals surface area contributed by atoms with Crippen LogP contribution in [0.5, 0.6) is 11.8 Å². The van der Waals surface area contributed by atoms with Gasteiger partial charge in [-0.05, 0) is 61.5 Å². The van der Waals surface area contributed by atoms with Crippen molar-refractivity contribution >= 4 is 27.5 Å². The monoisotopic (exact) mass is 599 g/mol. The molecule has 2 aromatic carbocycles. The molecule has 1 aliphatic carbocycles. The number of halogens is 2. The van der Waals surface area contributed by atoms with E-state index in [9.17, 15) is 10.2 Å². The minimum atomic E-state index is -1.28. The van der Waals surface area contributed by atoms with Gasteiger partial charge in [0.1, 0.15) is 40.7 Å². The molecule has 2 atom stereocenters. The lowest BCUT2D eigenvalue weighted by molar-refractivity contribution is 0.00798. The highest BCUT2D eigenvalue weighted by Crippen LogP contribution is 2.41. The summed E-state index contributed by atoms with van der Waals surface area (Å²) in [5.41, 5.74) is -0.278. The number of nitrogens with zero attached hydrogens (tertiary/aromatic N) is 5. The van der Waals surface area contributed by atoms with Gasteiger partial charge in [-0.3, -0.25) is 0 Å². The molecule has 1 saturated carbocycles. The van der Waals surface area contributed by atoms with Crippen LogP contribution in [0, 0.1) is 29.4 Å². The van der Waals surface area contributed by atoms with Gasteiger partial charge in [-0.15, -0.1) is 0 Å². The maximum absolute atomic E-state index is 16.8. The molecule has 0 saturated heterocycles. The Balaban J connectivity index is 1.59. The summed E-state index contributed by atoms with van der Waals surface area (Å²) in [4.78, 5) is 17.3. The lowest BCUT2D eigenvalue weighted by Crippen LogP contribution is -2.41. The summed E-state index contributed by atoms with van der Waals surface area (Å²) in [5, 5.41) is 22.0. The van der Waals surface area contributed by atoms with E-state index in [-0.39, 0.29) is 76.5 Å². The fourth-order valence-electron chi connectivity index (χ4n) is 5.36. The second-order valence-electron chi connectivity index (χ2n) is 11.5. The van der Waals surface area contributed by atoms with E-state index < -0.39 is 17.2 Å². The molecule has 1 aliphatic heterocycles. The summed E-state index contributed by atoms with van der Waals surface area (Å²) in [6.45, 7) is 3.59. The molecule has 44 heavy (non-hydrogen) atoms. The molecule has 0 amide bonds. The van der Waals surface area contributed by atoms with Gasteiger partial charge in [-0.2, -0.15) is 9.97 Å². The van der Waals surface area contributed by atoms with E-state index in [2.05, 4.69) is 26.8 Å². The van der Waals surface area contributed by atoms with Crippen LogP contribution in [0.1, 0.15) is 26.0 Å². The zero-order chi connectivity index (χ0) is 31.2. The Kier molecular flexibility index (Phi) is 7.47. The topological polar surface area (TPSA) is 104 Å². The zero-order valence-electron chi connectivity index (χ0n) is 24.7. The Hall–Kier alpha value is -4.95. The maximum atomic E-state index is 16.8. The molecule has 0 radical (unpaired) electrons. The SMILES string of the molecule is CC#Cc1nc(-c2cc(O)cc3cccc(F)c23)c(F)c2nc(OCC3CC3=CN(C)C)nc(N3C=COCC(C)(O)C3)c12. The normalized spacial score (nSPS) is 20.3. The fraction of sp³-hybridized carbons (Fsp3) is 0.303. The lowest BCUT2D eigenvalue weighted by atomic mass is 9.99. The minimum Gasteiger partial charge on any atom is -0.508 e. The van der Waals surface area contributed by atoms with Gasteiger partial charge in [0.2, 0.25) is 0 Å². The first-order chi connectivity index (χ1) is 21.0. The number of benzene rings is 2. The van der Waals surface area contributed by atoms with Crippen LogP contribution in [0.25, 0.3) is 32.9 Å². The van der Waals surface area contributed by atoms with E-state index in [1.807, 2.05) is 25.2 Å². The summed E-state index contributed by atoms with van der Waals surface area (Å²) in [7, 11) is 3.89. The van der Waals surface area contributed by atoms with Crippen molar-refractivity contribution < 1.29 is 28.5 Å². The molecule has 1 fully saturated rings. The van der Waals surface area contributed by atoms with Crippen LogP contribution >= 0.6 is 0 Å². The molecule has 9 nitrogen and oxygen atoms in total. The van der Waals surface area contributed by atoms with Crippen LogP contribution in [0.2, 0.25) is 0 Å². The van der Waals surface area contributed by atoms with Crippen molar-refractivity contribution in [3.05, 3.63) is 71.9 Å². The fourth-order valence-corrected chi connectivity index (χ4v) is 5.36. The second kappa shape index (κ2) is 11.3. The van der Waals surface area contributed by atoms with Crippen molar-refractivity contribution in [3.8, 4) is 34.9 Å². The highest BCUT2D eigenvalue weighted by atomic mass is 19.1. The number of fused-ring (bicyclic) bond motifs is 2. The summed E-state index contributed by atoms with van der Waals surface area (Å²) < 4.78 is 43.4. The third-order valence-electron chi connectivity index (χ3n) is 7.35.